The molecule has 4 unspecified atom stereocenters. The van der Waals surface area contributed by atoms with Crippen LogP contribution in [0.4, 0.5) is 5.69 Å². The number of halogens is 1. The SMILES string of the molecule is CC(NC(=O)c1ccc(N)c(Br)c1)C1CC2CCC1C2. The van der Waals surface area contributed by atoms with Gasteiger partial charge in [0, 0.05) is 21.8 Å². The molecule has 20 heavy (non-hydrogen) atoms. The van der Waals surface area contributed by atoms with Gasteiger partial charge < -0.3 is 11.1 Å². The highest BCUT2D eigenvalue weighted by Gasteiger charge is 2.42. The maximum Gasteiger partial charge on any atom is 0.251 e. The molecule has 4 atom stereocenters. The molecule has 0 radical (unpaired) electrons. The number of carbonyl (C=O) groups is 1. The quantitative estimate of drug-likeness (QED) is 0.828. The molecule has 2 aliphatic rings. The third kappa shape index (κ3) is 2.58. The highest BCUT2D eigenvalue weighted by molar-refractivity contribution is 9.10. The molecule has 0 aliphatic heterocycles. The largest absolute Gasteiger partial charge is 0.398 e. The van der Waals surface area contributed by atoms with E-state index in [4.69, 9.17) is 5.73 Å². The van der Waals surface area contributed by atoms with E-state index in [1.54, 1.807) is 18.2 Å². The van der Waals surface area contributed by atoms with Crippen LogP contribution in [0.25, 0.3) is 0 Å². The maximum atomic E-state index is 12.3. The normalized spacial score (nSPS) is 29.4. The summed E-state index contributed by atoms with van der Waals surface area (Å²) in [6, 6.07) is 5.59. The topological polar surface area (TPSA) is 55.1 Å². The van der Waals surface area contributed by atoms with Gasteiger partial charge in [-0.1, -0.05) is 6.42 Å². The van der Waals surface area contributed by atoms with Crippen molar-refractivity contribution in [2.75, 3.05) is 5.73 Å². The molecule has 1 amide bonds. The molecular formula is C16H21BrN2O. The summed E-state index contributed by atoms with van der Waals surface area (Å²) in [5, 5.41) is 3.17. The van der Waals surface area contributed by atoms with E-state index in [0.717, 1.165) is 16.3 Å². The van der Waals surface area contributed by atoms with Gasteiger partial charge in [0.05, 0.1) is 0 Å². The second-order valence-corrected chi connectivity index (χ2v) is 7.19. The Morgan fingerprint density at radius 3 is 2.80 bits per heavy atom. The molecule has 0 saturated heterocycles. The fourth-order valence-corrected chi connectivity index (χ4v) is 4.35. The summed E-state index contributed by atoms with van der Waals surface area (Å²) in [5.41, 5.74) is 7.08. The molecule has 3 rings (SSSR count). The Balaban J connectivity index is 1.65. The number of nitrogens with one attached hydrogen (secondary N) is 1. The predicted octanol–water partition coefficient (Wildman–Crippen LogP) is 3.59. The second kappa shape index (κ2) is 5.40. The van der Waals surface area contributed by atoms with Crippen LogP contribution in [0, 0.1) is 17.8 Å². The standard InChI is InChI=1S/C16H21BrN2O/c1-9(13-7-10-2-3-11(13)6-10)19-16(20)12-4-5-15(18)14(17)8-12/h4-5,8-11,13H,2-3,6-7,18H2,1H3,(H,19,20). The minimum atomic E-state index is 0.000901. The lowest BCUT2D eigenvalue weighted by Crippen LogP contribution is -2.40. The maximum absolute atomic E-state index is 12.3. The Bertz CT molecular complexity index is 531. The van der Waals surface area contributed by atoms with Crippen molar-refractivity contribution in [2.24, 2.45) is 17.8 Å². The summed E-state index contributed by atoms with van der Waals surface area (Å²) in [6.45, 7) is 2.15. The van der Waals surface area contributed by atoms with Gasteiger partial charge in [-0.3, -0.25) is 4.79 Å². The highest BCUT2D eigenvalue weighted by Crippen LogP contribution is 2.49. The summed E-state index contributed by atoms with van der Waals surface area (Å²) < 4.78 is 0.776. The van der Waals surface area contributed by atoms with Crippen molar-refractivity contribution in [3.05, 3.63) is 28.2 Å². The second-order valence-electron chi connectivity index (χ2n) is 6.34. The number of nitrogen functional groups attached to an aromatic ring is 1. The minimum Gasteiger partial charge on any atom is -0.398 e. The fraction of sp³-hybridized carbons (Fsp3) is 0.562. The molecule has 2 fully saturated rings. The minimum absolute atomic E-state index is 0.000901. The number of hydrogen-bond donors (Lipinski definition) is 2. The molecule has 108 valence electrons. The van der Waals surface area contributed by atoms with E-state index >= 15 is 0 Å². The monoisotopic (exact) mass is 336 g/mol. The van der Waals surface area contributed by atoms with Crippen LogP contribution in [0.15, 0.2) is 22.7 Å². The van der Waals surface area contributed by atoms with Crippen LogP contribution in [0.1, 0.15) is 43.0 Å². The lowest BCUT2D eigenvalue weighted by Gasteiger charge is -2.28. The van der Waals surface area contributed by atoms with Crippen LogP contribution in [0.2, 0.25) is 0 Å². The summed E-state index contributed by atoms with van der Waals surface area (Å²) in [5.74, 6) is 2.40. The number of anilines is 1. The summed E-state index contributed by atoms with van der Waals surface area (Å²) in [6.07, 6.45) is 5.41. The van der Waals surface area contributed by atoms with Gasteiger partial charge in [-0.15, -0.1) is 0 Å². The number of hydrogen-bond acceptors (Lipinski definition) is 2. The van der Waals surface area contributed by atoms with Gasteiger partial charge in [-0.2, -0.15) is 0 Å². The molecule has 2 aliphatic carbocycles. The first-order valence-electron chi connectivity index (χ1n) is 7.40. The number of nitrogens with two attached hydrogens (primary N) is 1. The third-order valence-electron chi connectivity index (χ3n) is 5.06. The smallest absolute Gasteiger partial charge is 0.251 e. The first kappa shape index (κ1) is 13.9. The van der Waals surface area contributed by atoms with Gasteiger partial charge in [0.1, 0.15) is 0 Å². The van der Waals surface area contributed by atoms with Crippen molar-refractivity contribution in [2.45, 2.75) is 38.6 Å². The fourth-order valence-electron chi connectivity index (χ4n) is 3.97. The van der Waals surface area contributed by atoms with E-state index in [1.165, 1.54) is 25.7 Å². The lowest BCUT2D eigenvalue weighted by molar-refractivity contribution is 0.0915. The Labute approximate surface area is 128 Å². The number of rotatable bonds is 3. The Hall–Kier alpha value is -1.03. The van der Waals surface area contributed by atoms with Crippen LogP contribution in [0.5, 0.6) is 0 Å². The number of carbonyl (C=O) groups excluding carboxylic acids is 1. The molecular weight excluding hydrogens is 316 g/mol. The van der Waals surface area contributed by atoms with E-state index in [2.05, 4.69) is 28.2 Å². The third-order valence-corrected chi connectivity index (χ3v) is 5.74. The molecule has 1 aromatic carbocycles. The van der Waals surface area contributed by atoms with Crippen molar-refractivity contribution in [1.82, 2.24) is 5.32 Å². The van der Waals surface area contributed by atoms with E-state index in [9.17, 15) is 4.79 Å². The molecule has 2 bridgehead atoms. The average molecular weight is 337 g/mol. The van der Waals surface area contributed by atoms with Crippen LogP contribution in [-0.4, -0.2) is 11.9 Å². The highest BCUT2D eigenvalue weighted by atomic mass is 79.9. The summed E-state index contributed by atoms with van der Waals surface area (Å²) >= 11 is 3.37. The predicted molar refractivity (Wildman–Crippen MR) is 84.4 cm³/mol. The van der Waals surface area contributed by atoms with Crippen LogP contribution in [0.3, 0.4) is 0 Å². The van der Waals surface area contributed by atoms with Crippen molar-refractivity contribution in [3.8, 4) is 0 Å². The van der Waals surface area contributed by atoms with Gasteiger partial charge in [0.15, 0.2) is 0 Å². The van der Waals surface area contributed by atoms with Crippen molar-refractivity contribution < 1.29 is 4.79 Å². The number of amides is 1. The molecule has 3 nitrogen and oxygen atoms in total. The first-order chi connectivity index (χ1) is 9.54. The average Bonchev–Trinajstić information content (AvgIpc) is 3.04. The van der Waals surface area contributed by atoms with E-state index in [-0.39, 0.29) is 11.9 Å². The Kier molecular flexibility index (Phi) is 3.76. The molecule has 3 N–H and O–H groups in total. The molecule has 4 heteroatoms. The zero-order chi connectivity index (χ0) is 14.3. The molecule has 1 aromatic rings. The van der Waals surface area contributed by atoms with E-state index in [0.29, 0.717) is 17.2 Å². The molecule has 2 saturated carbocycles. The van der Waals surface area contributed by atoms with Crippen molar-refractivity contribution in [1.29, 1.82) is 0 Å². The van der Waals surface area contributed by atoms with Gasteiger partial charge >= 0.3 is 0 Å². The zero-order valence-electron chi connectivity index (χ0n) is 11.7. The van der Waals surface area contributed by atoms with Crippen molar-refractivity contribution >= 4 is 27.5 Å². The zero-order valence-corrected chi connectivity index (χ0v) is 13.3. The molecule has 0 heterocycles. The molecule has 0 aromatic heterocycles. The van der Waals surface area contributed by atoms with Gasteiger partial charge in [-0.25, -0.2) is 0 Å². The number of fused-ring (bicyclic) bond motifs is 2. The lowest BCUT2D eigenvalue weighted by atomic mass is 9.84. The Morgan fingerprint density at radius 1 is 1.40 bits per heavy atom. The summed E-state index contributed by atoms with van der Waals surface area (Å²) in [7, 11) is 0. The summed E-state index contributed by atoms with van der Waals surface area (Å²) in [4.78, 5) is 12.3. The van der Waals surface area contributed by atoms with Crippen LogP contribution >= 0.6 is 15.9 Å². The van der Waals surface area contributed by atoms with E-state index < -0.39 is 0 Å². The van der Waals surface area contributed by atoms with E-state index in [1.807, 2.05) is 0 Å². The Morgan fingerprint density at radius 2 is 2.20 bits per heavy atom. The van der Waals surface area contributed by atoms with Crippen molar-refractivity contribution in [3.63, 3.8) is 0 Å². The van der Waals surface area contributed by atoms with Gasteiger partial charge in [0.2, 0.25) is 0 Å². The van der Waals surface area contributed by atoms with Crippen LogP contribution < -0.4 is 11.1 Å². The number of benzene rings is 1. The molecule has 0 spiro atoms. The van der Waals surface area contributed by atoms with Crippen LogP contribution in [-0.2, 0) is 0 Å². The first-order valence-corrected chi connectivity index (χ1v) is 8.19. The van der Waals surface area contributed by atoms with Gasteiger partial charge in [0.25, 0.3) is 5.91 Å². The van der Waals surface area contributed by atoms with Gasteiger partial charge in [-0.05, 0) is 78.1 Å².